The Bertz CT molecular complexity index is 904. The number of furan rings is 1. The fourth-order valence-electron chi connectivity index (χ4n) is 2.13. The Labute approximate surface area is 132 Å². The number of anilines is 1. The SMILES string of the molecule is Cn1cnc(S(=O)(=O)N(Cc2ccco2)c2ccccc2F)c1. The molecule has 0 N–H and O–H groups in total. The molecule has 3 aromatic rings. The number of hydrogen-bond acceptors (Lipinski definition) is 4. The average Bonchev–Trinajstić information content (AvgIpc) is 3.17. The molecule has 0 saturated carbocycles. The molecule has 2 heterocycles. The molecule has 3 rings (SSSR count). The van der Waals surface area contributed by atoms with Gasteiger partial charge in [0.25, 0.3) is 10.0 Å². The molecule has 2 aromatic heterocycles. The molecule has 8 heteroatoms. The van der Waals surface area contributed by atoms with Crippen molar-refractivity contribution >= 4 is 15.7 Å². The number of sulfonamides is 1. The van der Waals surface area contributed by atoms with Gasteiger partial charge in [-0.2, -0.15) is 8.42 Å². The minimum absolute atomic E-state index is 0.0606. The van der Waals surface area contributed by atoms with Crippen molar-refractivity contribution in [2.24, 2.45) is 7.05 Å². The molecule has 0 spiro atoms. The molecule has 0 bridgehead atoms. The standard InChI is InChI=1S/C15H14FN3O3S/c1-18-10-15(17-11-18)23(20,21)19(9-12-5-4-8-22-12)14-7-3-2-6-13(14)16/h2-8,10-11H,9H2,1H3. The lowest BCUT2D eigenvalue weighted by molar-refractivity contribution is 0.506. The number of para-hydroxylation sites is 1. The lowest BCUT2D eigenvalue weighted by Gasteiger charge is -2.22. The Balaban J connectivity index is 2.10. The van der Waals surface area contributed by atoms with E-state index in [1.165, 1.54) is 41.6 Å². The van der Waals surface area contributed by atoms with Crippen molar-refractivity contribution in [3.8, 4) is 0 Å². The highest BCUT2D eigenvalue weighted by atomic mass is 32.2. The van der Waals surface area contributed by atoms with E-state index < -0.39 is 15.8 Å². The number of halogens is 1. The quantitative estimate of drug-likeness (QED) is 0.718. The fourth-order valence-corrected chi connectivity index (χ4v) is 3.54. The predicted octanol–water partition coefficient (Wildman–Crippen LogP) is 2.55. The first-order valence-electron chi connectivity index (χ1n) is 6.76. The van der Waals surface area contributed by atoms with E-state index in [0.29, 0.717) is 5.76 Å². The summed E-state index contributed by atoms with van der Waals surface area (Å²) in [6, 6.07) is 8.94. The molecule has 23 heavy (non-hydrogen) atoms. The molecule has 1 aromatic carbocycles. The first kappa shape index (κ1) is 15.3. The average molecular weight is 335 g/mol. The molecule has 0 saturated heterocycles. The molecule has 0 aliphatic heterocycles. The number of hydrogen-bond donors (Lipinski definition) is 0. The van der Waals surface area contributed by atoms with Gasteiger partial charge >= 0.3 is 0 Å². The first-order valence-corrected chi connectivity index (χ1v) is 8.20. The number of benzene rings is 1. The minimum atomic E-state index is -4.03. The second-order valence-electron chi connectivity index (χ2n) is 4.92. The number of aromatic nitrogens is 2. The third-order valence-corrected chi connectivity index (χ3v) is 4.88. The van der Waals surface area contributed by atoms with Gasteiger partial charge in [-0.3, -0.25) is 4.31 Å². The van der Waals surface area contributed by atoms with E-state index in [1.54, 1.807) is 25.2 Å². The Morgan fingerprint density at radius 2 is 2.04 bits per heavy atom. The van der Waals surface area contributed by atoms with Gasteiger partial charge in [-0.25, -0.2) is 9.37 Å². The molecule has 0 radical (unpaired) electrons. The highest BCUT2D eigenvalue weighted by Gasteiger charge is 2.29. The topological polar surface area (TPSA) is 68.3 Å². The van der Waals surface area contributed by atoms with Gasteiger partial charge in [0.1, 0.15) is 11.6 Å². The highest BCUT2D eigenvalue weighted by Crippen LogP contribution is 2.27. The Morgan fingerprint density at radius 1 is 1.26 bits per heavy atom. The van der Waals surface area contributed by atoms with Crippen LogP contribution in [0.4, 0.5) is 10.1 Å². The van der Waals surface area contributed by atoms with Crippen LogP contribution in [0.5, 0.6) is 0 Å². The van der Waals surface area contributed by atoms with Gasteiger partial charge in [0.05, 0.1) is 24.8 Å². The van der Waals surface area contributed by atoms with Gasteiger partial charge in [-0.1, -0.05) is 12.1 Å². The smallest absolute Gasteiger partial charge is 0.283 e. The van der Waals surface area contributed by atoms with Crippen LogP contribution >= 0.6 is 0 Å². The van der Waals surface area contributed by atoms with Gasteiger partial charge in [0, 0.05) is 13.2 Å². The van der Waals surface area contributed by atoms with Crippen LogP contribution in [0.3, 0.4) is 0 Å². The summed E-state index contributed by atoms with van der Waals surface area (Å²) in [5, 5.41) is -0.158. The van der Waals surface area contributed by atoms with Crippen LogP contribution < -0.4 is 4.31 Å². The third-order valence-electron chi connectivity index (χ3n) is 3.24. The minimum Gasteiger partial charge on any atom is -0.467 e. The number of aryl methyl sites for hydroxylation is 1. The van der Waals surface area contributed by atoms with E-state index >= 15 is 0 Å². The van der Waals surface area contributed by atoms with Crippen molar-refractivity contribution in [1.29, 1.82) is 0 Å². The summed E-state index contributed by atoms with van der Waals surface area (Å²) in [5.74, 6) is -0.244. The van der Waals surface area contributed by atoms with Crippen LogP contribution in [0.25, 0.3) is 0 Å². The lowest BCUT2D eigenvalue weighted by atomic mass is 10.3. The van der Waals surface area contributed by atoms with Gasteiger partial charge in [0.15, 0.2) is 5.03 Å². The normalized spacial score (nSPS) is 11.6. The first-order chi connectivity index (χ1) is 11.0. The number of rotatable bonds is 5. The molecule has 0 aliphatic carbocycles. The highest BCUT2D eigenvalue weighted by molar-refractivity contribution is 7.92. The van der Waals surface area contributed by atoms with Crippen LogP contribution in [-0.2, 0) is 23.6 Å². The van der Waals surface area contributed by atoms with Gasteiger partial charge in [-0.05, 0) is 24.3 Å². The van der Waals surface area contributed by atoms with Crippen LogP contribution in [0.15, 0.2) is 64.6 Å². The molecule has 120 valence electrons. The Hall–Kier alpha value is -2.61. The van der Waals surface area contributed by atoms with E-state index in [1.807, 2.05) is 0 Å². The fraction of sp³-hybridized carbons (Fsp3) is 0.133. The van der Waals surface area contributed by atoms with E-state index in [2.05, 4.69) is 4.98 Å². The Morgan fingerprint density at radius 3 is 2.65 bits per heavy atom. The summed E-state index contributed by atoms with van der Waals surface area (Å²) in [7, 11) is -2.37. The summed E-state index contributed by atoms with van der Waals surface area (Å²) < 4.78 is 47.6. The molecular formula is C15H14FN3O3S. The summed E-state index contributed by atoms with van der Waals surface area (Å²) >= 11 is 0. The van der Waals surface area contributed by atoms with Crippen molar-refractivity contribution in [2.45, 2.75) is 11.6 Å². The molecule has 6 nitrogen and oxygen atoms in total. The summed E-state index contributed by atoms with van der Waals surface area (Å²) in [6.45, 7) is -0.132. The number of nitrogens with zero attached hydrogens (tertiary/aromatic N) is 3. The van der Waals surface area contributed by atoms with Crippen LogP contribution in [0, 0.1) is 5.82 Å². The molecule has 0 amide bonds. The monoisotopic (exact) mass is 335 g/mol. The maximum absolute atomic E-state index is 14.2. The van der Waals surface area contributed by atoms with Gasteiger partial charge in [-0.15, -0.1) is 0 Å². The second-order valence-corrected chi connectivity index (χ2v) is 6.73. The van der Waals surface area contributed by atoms with Crippen LogP contribution in [0.2, 0.25) is 0 Å². The van der Waals surface area contributed by atoms with Crippen molar-refractivity contribution in [3.05, 3.63) is 66.8 Å². The van der Waals surface area contributed by atoms with Crippen molar-refractivity contribution < 1.29 is 17.2 Å². The third kappa shape index (κ3) is 2.98. The predicted molar refractivity (Wildman–Crippen MR) is 81.7 cm³/mol. The zero-order chi connectivity index (χ0) is 16.4. The van der Waals surface area contributed by atoms with Crippen molar-refractivity contribution in [3.63, 3.8) is 0 Å². The van der Waals surface area contributed by atoms with Crippen molar-refractivity contribution in [1.82, 2.24) is 9.55 Å². The summed E-state index contributed by atoms with van der Waals surface area (Å²) in [4.78, 5) is 3.87. The maximum Gasteiger partial charge on any atom is 0.283 e. The maximum atomic E-state index is 14.2. The summed E-state index contributed by atoms with van der Waals surface area (Å²) in [5.41, 5.74) is -0.0606. The van der Waals surface area contributed by atoms with Crippen molar-refractivity contribution in [2.75, 3.05) is 4.31 Å². The largest absolute Gasteiger partial charge is 0.467 e. The molecule has 0 aliphatic rings. The lowest BCUT2D eigenvalue weighted by Crippen LogP contribution is -2.31. The van der Waals surface area contributed by atoms with Crippen LogP contribution in [-0.4, -0.2) is 18.0 Å². The summed E-state index contributed by atoms with van der Waals surface area (Å²) in [6.07, 6.45) is 4.17. The van der Waals surface area contributed by atoms with Gasteiger partial charge in [0.2, 0.25) is 0 Å². The second kappa shape index (κ2) is 5.88. The molecule has 0 atom stereocenters. The van der Waals surface area contributed by atoms with E-state index in [0.717, 1.165) is 4.31 Å². The van der Waals surface area contributed by atoms with E-state index in [9.17, 15) is 12.8 Å². The van der Waals surface area contributed by atoms with E-state index in [4.69, 9.17) is 4.42 Å². The van der Waals surface area contributed by atoms with E-state index in [-0.39, 0.29) is 17.3 Å². The van der Waals surface area contributed by atoms with Gasteiger partial charge < -0.3 is 8.98 Å². The zero-order valence-electron chi connectivity index (χ0n) is 12.3. The Kier molecular flexibility index (Phi) is 3.91. The zero-order valence-corrected chi connectivity index (χ0v) is 13.1. The molecule has 0 fully saturated rings. The molecular weight excluding hydrogens is 321 g/mol. The number of imidazole rings is 1. The molecule has 0 unspecified atom stereocenters. The van der Waals surface area contributed by atoms with Crippen LogP contribution in [0.1, 0.15) is 5.76 Å².